The first kappa shape index (κ1) is 11.0. The molecule has 3 N–H and O–H groups in total. The van der Waals surface area contributed by atoms with E-state index in [1.807, 2.05) is 6.07 Å². The Bertz CT molecular complexity index is 389. The lowest BCUT2D eigenvalue weighted by Crippen LogP contribution is -2.10. The summed E-state index contributed by atoms with van der Waals surface area (Å²) in [7, 11) is 0. The van der Waals surface area contributed by atoms with E-state index in [-0.39, 0.29) is 12.0 Å². The number of nitriles is 1. The Kier molecular flexibility index (Phi) is 3.44. The van der Waals surface area contributed by atoms with Crippen molar-refractivity contribution in [1.82, 2.24) is 0 Å². The molecular weight excluding hydrogens is 251 g/mol. The van der Waals surface area contributed by atoms with Gasteiger partial charge in [-0.15, -0.1) is 0 Å². The molecule has 14 heavy (non-hydrogen) atoms. The molecular formula is C9H8BrFN2O. The number of halogens is 2. The summed E-state index contributed by atoms with van der Waals surface area (Å²) in [5.74, 6) is -1.24. The molecule has 0 unspecified atom stereocenters. The lowest BCUT2D eigenvalue weighted by Gasteiger charge is -2.12. The molecule has 0 fully saturated rings. The Labute approximate surface area is 89.1 Å². The Morgan fingerprint density at radius 2 is 2.29 bits per heavy atom. The smallest absolute Gasteiger partial charge is 0.165 e. The summed E-state index contributed by atoms with van der Waals surface area (Å²) in [6, 6.07) is 3.74. The van der Waals surface area contributed by atoms with E-state index in [1.165, 1.54) is 6.07 Å². The van der Waals surface area contributed by atoms with Gasteiger partial charge in [0, 0.05) is 16.1 Å². The number of hydrogen-bond acceptors (Lipinski definition) is 3. The number of aromatic hydroxyl groups is 1. The van der Waals surface area contributed by atoms with Crippen molar-refractivity contribution in [2.24, 2.45) is 5.73 Å². The van der Waals surface area contributed by atoms with E-state index < -0.39 is 17.6 Å². The highest BCUT2D eigenvalue weighted by Crippen LogP contribution is 2.33. The van der Waals surface area contributed by atoms with Crippen LogP contribution in [0.1, 0.15) is 18.0 Å². The van der Waals surface area contributed by atoms with E-state index in [2.05, 4.69) is 15.9 Å². The Balaban J connectivity index is 3.19. The lowest BCUT2D eigenvalue weighted by atomic mass is 10.0. The van der Waals surface area contributed by atoms with Gasteiger partial charge in [-0.1, -0.05) is 15.9 Å². The van der Waals surface area contributed by atoms with E-state index in [0.29, 0.717) is 4.47 Å². The van der Waals surface area contributed by atoms with Crippen molar-refractivity contribution in [1.29, 1.82) is 5.26 Å². The third-order valence-electron chi connectivity index (χ3n) is 1.80. The molecule has 0 amide bonds. The van der Waals surface area contributed by atoms with Crippen LogP contribution in [0.3, 0.4) is 0 Å². The van der Waals surface area contributed by atoms with E-state index in [1.54, 1.807) is 0 Å². The summed E-state index contributed by atoms with van der Waals surface area (Å²) in [4.78, 5) is 0. The van der Waals surface area contributed by atoms with Crippen LogP contribution in [0.4, 0.5) is 4.39 Å². The van der Waals surface area contributed by atoms with Gasteiger partial charge in [0.05, 0.1) is 12.5 Å². The van der Waals surface area contributed by atoms with Crippen LogP contribution in [0, 0.1) is 17.1 Å². The molecule has 0 heterocycles. The van der Waals surface area contributed by atoms with Crippen LogP contribution in [-0.2, 0) is 0 Å². The highest BCUT2D eigenvalue weighted by atomic mass is 79.9. The molecule has 0 saturated carbocycles. The number of rotatable bonds is 2. The Morgan fingerprint density at radius 3 is 2.86 bits per heavy atom. The quantitative estimate of drug-likeness (QED) is 0.855. The van der Waals surface area contributed by atoms with Gasteiger partial charge in [-0.25, -0.2) is 4.39 Å². The SMILES string of the molecule is N#CC[C@H](N)c1c(Br)ccc(F)c1O. The van der Waals surface area contributed by atoms with Gasteiger partial charge in [0.2, 0.25) is 0 Å². The summed E-state index contributed by atoms with van der Waals surface area (Å²) >= 11 is 3.14. The standard InChI is InChI=1S/C9H8BrFN2O/c10-5-1-2-6(11)9(14)8(5)7(13)3-4-12/h1-2,7,14H,3,13H2/t7-/m0/s1. The van der Waals surface area contributed by atoms with Gasteiger partial charge in [0.25, 0.3) is 0 Å². The van der Waals surface area contributed by atoms with Crippen molar-refractivity contribution in [2.45, 2.75) is 12.5 Å². The second kappa shape index (κ2) is 4.40. The minimum absolute atomic E-state index is 0.0234. The Hall–Kier alpha value is -1.12. The van der Waals surface area contributed by atoms with Crippen LogP contribution >= 0.6 is 15.9 Å². The fraction of sp³-hybridized carbons (Fsp3) is 0.222. The van der Waals surface area contributed by atoms with Crippen molar-refractivity contribution < 1.29 is 9.50 Å². The number of phenols is 1. The normalized spacial score (nSPS) is 12.1. The predicted octanol–water partition coefficient (Wildman–Crippen LogP) is 2.21. The maximum absolute atomic E-state index is 13.0. The molecule has 0 aromatic heterocycles. The van der Waals surface area contributed by atoms with Crippen LogP contribution < -0.4 is 5.73 Å². The van der Waals surface area contributed by atoms with Crippen LogP contribution in [-0.4, -0.2) is 5.11 Å². The van der Waals surface area contributed by atoms with Crippen molar-refractivity contribution in [3.8, 4) is 11.8 Å². The number of benzene rings is 1. The van der Waals surface area contributed by atoms with Crippen LogP contribution in [0.25, 0.3) is 0 Å². The summed E-state index contributed by atoms with van der Waals surface area (Å²) in [5.41, 5.74) is 5.83. The van der Waals surface area contributed by atoms with Crippen LogP contribution in [0.15, 0.2) is 16.6 Å². The summed E-state index contributed by atoms with van der Waals surface area (Å²) in [6.07, 6.45) is 0.0234. The fourth-order valence-corrected chi connectivity index (χ4v) is 1.72. The van der Waals surface area contributed by atoms with Gasteiger partial charge in [-0.3, -0.25) is 0 Å². The maximum atomic E-state index is 13.0. The average molecular weight is 259 g/mol. The first-order chi connectivity index (χ1) is 6.57. The summed E-state index contributed by atoms with van der Waals surface area (Å²) < 4.78 is 13.4. The molecule has 3 nitrogen and oxygen atoms in total. The highest BCUT2D eigenvalue weighted by Gasteiger charge is 2.17. The topological polar surface area (TPSA) is 70.0 Å². The van der Waals surface area contributed by atoms with Crippen molar-refractivity contribution in [3.05, 3.63) is 28.0 Å². The summed E-state index contributed by atoms with van der Waals surface area (Å²) in [6.45, 7) is 0. The van der Waals surface area contributed by atoms with Gasteiger partial charge in [0.15, 0.2) is 11.6 Å². The number of nitrogens with zero attached hydrogens (tertiary/aromatic N) is 1. The van der Waals surface area contributed by atoms with E-state index >= 15 is 0 Å². The Morgan fingerprint density at radius 1 is 1.64 bits per heavy atom. The zero-order valence-electron chi connectivity index (χ0n) is 7.17. The first-order valence-electron chi connectivity index (χ1n) is 3.87. The average Bonchev–Trinajstić information content (AvgIpc) is 2.13. The van der Waals surface area contributed by atoms with E-state index in [0.717, 1.165) is 6.07 Å². The van der Waals surface area contributed by atoms with Gasteiger partial charge >= 0.3 is 0 Å². The second-order valence-electron chi connectivity index (χ2n) is 2.76. The largest absolute Gasteiger partial charge is 0.505 e. The molecule has 1 aromatic rings. The second-order valence-corrected chi connectivity index (χ2v) is 3.61. The van der Waals surface area contributed by atoms with Crippen LogP contribution in [0.5, 0.6) is 5.75 Å². The lowest BCUT2D eigenvalue weighted by molar-refractivity contribution is 0.420. The zero-order valence-corrected chi connectivity index (χ0v) is 8.75. The van der Waals surface area contributed by atoms with Crippen molar-refractivity contribution in [2.75, 3.05) is 0 Å². The monoisotopic (exact) mass is 258 g/mol. The molecule has 0 aliphatic carbocycles. The molecule has 74 valence electrons. The van der Waals surface area contributed by atoms with Gasteiger partial charge in [-0.2, -0.15) is 5.26 Å². The van der Waals surface area contributed by atoms with Crippen molar-refractivity contribution >= 4 is 15.9 Å². The summed E-state index contributed by atoms with van der Waals surface area (Å²) in [5, 5.41) is 17.8. The van der Waals surface area contributed by atoms with Crippen LogP contribution in [0.2, 0.25) is 0 Å². The third-order valence-corrected chi connectivity index (χ3v) is 2.49. The molecule has 1 atom stereocenters. The molecule has 0 saturated heterocycles. The zero-order chi connectivity index (χ0) is 10.7. The fourth-order valence-electron chi connectivity index (χ4n) is 1.11. The number of hydrogen-bond donors (Lipinski definition) is 2. The molecule has 0 spiro atoms. The van der Waals surface area contributed by atoms with Crippen molar-refractivity contribution in [3.63, 3.8) is 0 Å². The van der Waals surface area contributed by atoms with E-state index in [9.17, 15) is 9.50 Å². The minimum Gasteiger partial charge on any atom is -0.505 e. The van der Waals surface area contributed by atoms with E-state index in [4.69, 9.17) is 11.0 Å². The van der Waals surface area contributed by atoms with Gasteiger partial charge in [-0.05, 0) is 12.1 Å². The molecule has 0 radical (unpaired) electrons. The molecule has 0 aliphatic heterocycles. The van der Waals surface area contributed by atoms with Gasteiger partial charge < -0.3 is 10.8 Å². The first-order valence-corrected chi connectivity index (χ1v) is 4.66. The molecule has 0 bridgehead atoms. The molecule has 1 rings (SSSR count). The third kappa shape index (κ3) is 2.03. The number of nitrogens with two attached hydrogens (primary N) is 1. The molecule has 1 aromatic carbocycles. The predicted molar refractivity (Wildman–Crippen MR) is 52.9 cm³/mol. The highest BCUT2D eigenvalue weighted by molar-refractivity contribution is 9.10. The molecule has 5 heteroatoms. The maximum Gasteiger partial charge on any atom is 0.165 e. The molecule has 0 aliphatic rings. The number of phenolic OH excluding ortho intramolecular Hbond substituents is 1. The van der Waals surface area contributed by atoms with Gasteiger partial charge in [0.1, 0.15) is 0 Å². The minimum atomic E-state index is -0.739.